The van der Waals surface area contributed by atoms with E-state index in [-0.39, 0.29) is 5.91 Å². The topological polar surface area (TPSA) is 57.2 Å². The molecule has 0 radical (unpaired) electrons. The summed E-state index contributed by atoms with van der Waals surface area (Å²) < 4.78 is 2.42. The van der Waals surface area contributed by atoms with Crippen LogP contribution in [0.3, 0.4) is 0 Å². The molecule has 1 saturated heterocycles. The van der Waals surface area contributed by atoms with Crippen LogP contribution in [0.2, 0.25) is 5.02 Å². The fourth-order valence-electron chi connectivity index (χ4n) is 3.04. The van der Waals surface area contributed by atoms with Crippen molar-refractivity contribution in [2.24, 2.45) is 0 Å². The van der Waals surface area contributed by atoms with Crippen LogP contribution in [-0.4, -0.2) is 56.7 Å². The third kappa shape index (κ3) is 4.14. The maximum atomic E-state index is 12.6. The van der Waals surface area contributed by atoms with Gasteiger partial charge in [0.25, 0.3) is 5.91 Å². The molecule has 0 saturated carbocycles. The highest BCUT2D eigenvalue weighted by atomic mass is 35.5. The lowest BCUT2D eigenvalue weighted by Crippen LogP contribution is -2.49. The number of amides is 1. The Morgan fingerprint density at radius 1 is 1.19 bits per heavy atom. The average Bonchev–Trinajstić information content (AvgIpc) is 3.33. The van der Waals surface area contributed by atoms with Crippen LogP contribution in [-0.2, 0) is 6.67 Å². The van der Waals surface area contributed by atoms with E-state index in [1.54, 1.807) is 35.6 Å². The molecule has 9 heteroatoms. The molecule has 2 aromatic heterocycles. The summed E-state index contributed by atoms with van der Waals surface area (Å²) in [7, 11) is 0. The fraction of sp³-hybridized carbons (Fsp3) is 0.278. The van der Waals surface area contributed by atoms with Gasteiger partial charge in [-0.15, -0.1) is 11.3 Å². The van der Waals surface area contributed by atoms with Gasteiger partial charge in [0.05, 0.1) is 11.5 Å². The van der Waals surface area contributed by atoms with E-state index in [0.717, 1.165) is 23.8 Å². The van der Waals surface area contributed by atoms with Gasteiger partial charge in [-0.25, -0.2) is 4.68 Å². The molecule has 1 aliphatic heterocycles. The molecule has 140 valence electrons. The Bertz CT molecular complexity index is 972. The first-order valence-corrected chi connectivity index (χ1v) is 10.2. The molecule has 1 amide bonds. The van der Waals surface area contributed by atoms with Crippen molar-refractivity contribution in [2.45, 2.75) is 6.67 Å². The Morgan fingerprint density at radius 2 is 1.93 bits per heavy atom. The van der Waals surface area contributed by atoms with Crippen LogP contribution >= 0.6 is 35.2 Å². The van der Waals surface area contributed by atoms with Crippen LogP contribution in [0, 0.1) is 4.77 Å². The molecule has 0 unspecified atom stereocenters. The highest BCUT2D eigenvalue weighted by Gasteiger charge is 2.22. The van der Waals surface area contributed by atoms with Crippen molar-refractivity contribution < 1.29 is 4.79 Å². The maximum Gasteiger partial charge on any atom is 0.253 e. The molecule has 0 aliphatic carbocycles. The molecular formula is C18H18ClN5OS2. The van der Waals surface area contributed by atoms with Crippen LogP contribution in [0.1, 0.15) is 10.4 Å². The van der Waals surface area contributed by atoms with Gasteiger partial charge in [-0.05, 0) is 47.9 Å². The summed E-state index contributed by atoms with van der Waals surface area (Å²) in [5.74, 6) is 0.844. The summed E-state index contributed by atoms with van der Waals surface area (Å²) in [5, 5.41) is 5.92. The van der Waals surface area contributed by atoms with Crippen molar-refractivity contribution in [3.05, 3.63) is 57.1 Å². The number of aromatic amines is 1. The predicted molar refractivity (Wildman–Crippen MR) is 110 cm³/mol. The van der Waals surface area contributed by atoms with Crippen molar-refractivity contribution >= 4 is 41.1 Å². The summed E-state index contributed by atoms with van der Waals surface area (Å²) >= 11 is 12.9. The number of hydrogen-bond donors (Lipinski definition) is 1. The van der Waals surface area contributed by atoms with Gasteiger partial charge in [0.2, 0.25) is 4.77 Å². The summed E-state index contributed by atoms with van der Waals surface area (Å²) in [5.41, 5.74) is 0.671. The average molecular weight is 420 g/mol. The van der Waals surface area contributed by atoms with Gasteiger partial charge in [-0.1, -0.05) is 17.7 Å². The lowest BCUT2D eigenvalue weighted by atomic mass is 10.2. The molecule has 1 aromatic carbocycles. The Labute approximate surface area is 171 Å². The van der Waals surface area contributed by atoms with Crippen LogP contribution in [0.4, 0.5) is 0 Å². The highest BCUT2D eigenvalue weighted by molar-refractivity contribution is 7.71. The largest absolute Gasteiger partial charge is 0.336 e. The number of aromatic nitrogens is 3. The highest BCUT2D eigenvalue weighted by Crippen LogP contribution is 2.21. The zero-order chi connectivity index (χ0) is 18.8. The predicted octanol–water partition coefficient (Wildman–Crippen LogP) is 3.74. The number of piperazine rings is 1. The number of hydrogen-bond acceptors (Lipinski definition) is 5. The van der Waals surface area contributed by atoms with Gasteiger partial charge in [-0.2, -0.15) is 4.98 Å². The Balaban J connectivity index is 1.36. The summed E-state index contributed by atoms with van der Waals surface area (Å²) in [4.78, 5) is 22.2. The van der Waals surface area contributed by atoms with Crippen LogP contribution in [0.25, 0.3) is 10.7 Å². The van der Waals surface area contributed by atoms with Crippen molar-refractivity contribution in [1.82, 2.24) is 24.6 Å². The van der Waals surface area contributed by atoms with Crippen molar-refractivity contribution in [3.8, 4) is 10.7 Å². The van der Waals surface area contributed by atoms with Gasteiger partial charge < -0.3 is 4.90 Å². The third-order valence-electron chi connectivity index (χ3n) is 4.53. The van der Waals surface area contributed by atoms with Gasteiger partial charge >= 0.3 is 0 Å². The smallest absolute Gasteiger partial charge is 0.253 e. The first-order valence-electron chi connectivity index (χ1n) is 8.58. The van der Waals surface area contributed by atoms with E-state index in [9.17, 15) is 4.79 Å². The molecular weight excluding hydrogens is 402 g/mol. The fourth-order valence-corrected chi connectivity index (χ4v) is 4.03. The number of nitrogens with one attached hydrogen (secondary N) is 1. The normalized spacial score (nSPS) is 15.2. The van der Waals surface area contributed by atoms with E-state index in [4.69, 9.17) is 23.8 Å². The van der Waals surface area contributed by atoms with Gasteiger partial charge in [0, 0.05) is 36.8 Å². The number of nitrogens with zero attached hydrogens (tertiary/aromatic N) is 4. The number of benzene rings is 1. The summed E-state index contributed by atoms with van der Waals surface area (Å²) in [6.07, 6.45) is 0. The van der Waals surface area contributed by atoms with E-state index >= 15 is 0 Å². The van der Waals surface area contributed by atoms with E-state index in [1.807, 2.05) is 27.1 Å². The lowest BCUT2D eigenvalue weighted by Gasteiger charge is -2.34. The van der Waals surface area contributed by atoms with Gasteiger partial charge in [0.1, 0.15) is 0 Å². The molecule has 3 heterocycles. The molecule has 3 aromatic rings. The van der Waals surface area contributed by atoms with E-state index < -0.39 is 0 Å². The zero-order valence-electron chi connectivity index (χ0n) is 14.5. The number of H-pyrrole nitrogens is 1. The van der Waals surface area contributed by atoms with Crippen LogP contribution in [0.5, 0.6) is 0 Å². The Morgan fingerprint density at radius 3 is 2.59 bits per heavy atom. The second-order valence-electron chi connectivity index (χ2n) is 6.32. The summed E-state index contributed by atoms with van der Waals surface area (Å²) in [6.45, 7) is 3.57. The molecule has 6 nitrogen and oxygen atoms in total. The van der Waals surface area contributed by atoms with Crippen molar-refractivity contribution in [2.75, 3.05) is 26.2 Å². The minimum atomic E-state index is 0.0458. The Hall–Kier alpha value is -2.00. The molecule has 1 aliphatic rings. The van der Waals surface area contributed by atoms with Crippen LogP contribution < -0.4 is 0 Å². The molecule has 0 bridgehead atoms. The van der Waals surface area contributed by atoms with Crippen molar-refractivity contribution in [1.29, 1.82) is 0 Å². The Kier molecular flexibility index (Phi) is 5.40. The first-order chi connectivity index (χ1) is 13.1. The van der Waals surface area contributed by atoms with Gasteiger partial charge in [0.15, 0.2) is 5.82 Å². The molecule has 4 rings (SSSR count). The zero-order valence-corrected chi connectivity index (χ0v) is 16.9. The number of halogens is 1. The number of rotatable bonds is 4. The second-order valence-corrected chi connectivity index (χ2v) is 8.07. The second kappa shape index (κ2) is 7.93. The van der Waals surface area contributed by atoms with Crippen LogP contribution in [0.15, 0.2) is 41.8 Å². The SMILES string of the molecule is O=C(c1ccc(Cl)cc1)N1CCN(Cn2[nH]c(-c3cccs3)nc2=S)CC1. The maximum absolute atomic E-state index is 12.6. The standard InChI is InChI=1S/C18H18ClN5OS2/c19-14-5-3-13(4-6-14)17(25)23-9-7-22(8-10-23)12-24-18(26)20-16(21-24)15-2-1-11-27-15/h1-6,11H,7-10,12H2,(H,20,21,26). The van der Waals surface area contributed by atoms with E-state index in [2.05, 4.69) is 15.0 Å². The molecule has 1 fully saturated rings. The third-order valence-corrected chi connectivity index (χ3v) is 5.97. The molecule has 0 spiro atoms. The molecule has 0 atom stereocenters. The number of carbonyl (C=O) groups is 1. The van der Waals surface area contributed by atoms with Gasteiger partial charge in [-0.3, -0.25) is 14.8 Å². The molecule has 1 N–H and O–H groups in total. The van der Waals surface area contributed by atoms with E-state index in [1.165, 1.54) is 0 Å². The minimum absolute atomic E-state index is 0.0458. The quantitative estimate of drug-likeness (QED) is 0.654. The molecule has 27 heavy (non-hydrogen) atoms. The first kappa shape index (κ1) is 18.4. The summed E-state index contributed by atoms with van der Waals surface area (Å²) in [6, 6.07) is 11.0. The van der Waals surface area contributed by atoms with E-state index in [0.29, 0.717) is 35.1 Å². The monoisotopic (exact) mass is 419 g/mol. The minimum Gasteiger partial charge on any atom is -0.336 e. The lowest BCUT2D eigenvalue weighted by molar-refractivity contribution is 0.0585. The number of carbonyl (C=O) groups excluding carboxylic acids is 1. The number of thiophene rings is 1. The van der Waals surface area contributed by atoms with Crippen molar-refractivity contribution in [3.63, 3.8) is 0 Å².